The number of hydrogen-bond acceptors (Lipinski definition) is 5. The van der Waals surface area contributed by atoms with E-state index < -0.39 is 24.3 Å². The van der Waals surface area contributed by atoms with Crippen LogP contribution in [0.1, 0.15) is 43.6 Å². The van der Waals surface area contributed by atoms with Crippen molar-refractivity contribution in [3.63, 3.8) is 0 Å². The Balaban J connectivity index is 2.05. The first kappa shape index (κ1) is 16.0. The van der Waals surface area contributed by atoms with E-state index in [1.807, 2.05) is 27.7 Å². The molecule has 1 aromatic rings. The summed E-state index contributed by atoms with van der Waals surface area (Å²) in [6, 6.07) is 3.41. The Labute approximate surface area is 135 Å². The van der Waals surface area contributed by atoms with Crippen LogP contribution in [0.4, 0.5) is 5.69 Å². The molecule has 2 aliphatic heterocycles. The number of hydrogen-bond donors (Lipinski definition) is 1. The number of methoxy groups -OCH3 is 1. The molecule has 1 fully saturated rings. The molecular formula is C16H20BNO5. The number of rotatable bonds is 2. The predicted molar refractivity (Wildman–Crippen MR) is 85.8 cm³/mol. The Morgan fingerprint density at radius 1 is 1.22 bits per heavy atom. The standard InChI is InChI=1S/C16H20BNO5/c1-15(2)16(3,4)23-17(22-15)11-7-6-9(14(20)21-5)13-10(11)8-12(19)18-13/h6-7H,8H2,1-5H3,(H,18,19). The van der Waals surface area contributed by atoms with Crippen LogP contribution in [0, 0.1) is 0 Å². The molecule has 6 nitrogen and oxygen atoms in total. The van der Waals surface area contributed by atoms with Crippen LogP contribution in [-0.2, 0) is 25.3 Å². The number of ether oxygens (including phenoxy) is 1. The van der Waals surface area contributed by atoms with Gasteiger partial charge in [0.1, 0.15) is 0 Å². The third-order valence-corrected chi connectivity index (χ3v) is 4.86. The molecule has 1 aromatic carbocycles. The minimum atomic E-state index is -0.576. The van der Waals surface area contributed by atoms with Gasteiger partial charge >= 0.3 is 13.1 Å². The van der Waals surface area contributed by atoms with Crippen molar-refractivity contribution >= 4 is 30.1 Å². The first-order chi connectivity index (χ1) is 10.7. The molecular weight excluding hydrogens is 297 g/mol. The van der Waals surface area contributed by atoms with Crippen LogP contribution in [-0.4, -0.2) is 37.3 Å². The molecule has 122 valence electrons. The zero-order chi connectivity index (χ0) is 17.0. The maximum Gasteiger partial charge on any atom is 0.495 e. The highest BCUT2D eigenvalue weighted by Gasteiger charge is 2.52. The van der Waals surface area contributed by atoms with Crippen molar-refractivity contribution in [2.45, 2.75) is 45.3 Å². The molecule has 1 amide bonds. The molecule has 1 saturated heterocycles. The lowest BCUT2D eigenvalue weighted by Crippen LogP contribution is -2.41. The van der Waals surface area contributed by atoms with Gasteiger partial charge in [-0.15, -0.1) is 0 Å². The summed E-state index contributed by atoms with van der Waals surface area (Å²) in [6.07, 6.45) is 0.194. The van der Waals surface area contributed by atoms with Crippen LogP contribution < -0.4 is 10.8 Å². The molecule has 23 heavy (non-hydrogen) atoms. The van der Waals surface area contributed by atoms with Crippen molar-refractivity contribution in [2.24, 2.45) is 0 Å². The van der Waals surface area contributed by atoms with Gasteiger partial charge in [-0.2, -0.15) is 0 Å². The fourth-order valence-electron chi connectivity index (χ4n) is 2.81. The lowest BCUT2D eigenvalue weighted by Gasteiger charge is -2.32. The zero-order valence-corrected chi connectivity index (χ0v) is 14.0. The molecule has 1 N–H and O–H groups in total. The number of nitrogens with one attached hydrogen (secondary N) is 1. The summed E-state index contributed by atoms with van der Waals surface area (Å²) in [5, 5.41) is 2.74. The number of anilines is 1. The van der Waals surface area contributed by atoms with Gasteiger partial charge in [0.05, 0.1) is 36.0 Å². The van der Waals surface area contributed by atoms with E-state index in [1.165, 1.54) is 7.11 Å². The SMILES string of the molecule is COC(=O)c1ccc(B2OC(C)(C)C(C)(C)O2)c2c1NC(=O)C2. The van der Waals surface area contributed by atoms with E-state index in [1.54, 1.807) is 12.1 Å². The third-order valence-electron chi connectivity index (χ3n) is 4.86. The molecule has 0 aromatic heterocycles. The number of carbonyl (C=O) groups excluding carboxylic acids is 2. The molecule has 0 radical (unpaired) electrons. The molecule has 0 atom stereocenters. The number of esters is 1. The van der Waals surface area contributed by atoms with E-state index in [4.69, 9.17) is 14.0 Å². The first-order valence-corrected chi connectivity index (χ1v) is 7.56. The average molecular weight is 317 g/mol. The smallest absolute Gasteiger partial charge is 0.465 e. The van der Waals surface area contributed by atoms with E-state index in [0.29, 0.717) is 11.3 Å². The molecule has 7 heteroatoms. The quantitative estimate of drug-likeness (QED) is 0.657. The zero-order valence-electron chi connectivity index (χ0n) is 14.0. The van der Waals surface area contributed by atoms with Crippen molar-refractivity contribution in [1.29, 1.82) is 0 Å². The van der Waals surface area contributed by atoms with E-state index in [0.717, 1.165) is 11.0 Å². The lowest BCUT2D eigenvalue weighted by atomic mass is 9.74. The van der Waals surface area contributed by atoms with Crippen LogP contribution in [0.3, 0.4) is 0 Å². The van der Waals surface area contributed by atoms with Crippen LogP contribution in [0.15, 0.2) is 12.1 Å². The van der Waals surface area contributed by atoms with Gasteiger partial charge in [-0.3, -0.25) is 4.79 Å². The van der Waals surface area contributed by atoms with Gasteiger partial charge in [-0.1, -0.05) is 6.07 Å². The predicted octanol–water partition coefficient (Wildman–Crippen LogP) is 1.27. The summed E-state index contributed by atoms with van der Waals surface area (Å²) in [5.74, 6) is -0.641. The van der Waals surface area contributed by atoms with Crippen LogP contribution >= 0.6 is 0 Å². The minimum Gasteiger partial charge on any atom is -0.465 e. The van der Waals surface area contributed by atoms with Gasteiger partial charge in [0, 0.05) is 0 Å². The van der Waals surface area contributed by atoms with Crippen molar-refractivity contribution in [3.05, 3.63) is 23.3 Å². The van der Waals surface area contributed by atoms with Crippen LogP contribution in [0.2, 0.25) is 0 Å². The van der Waals surface area contributed by atoms with E-state index in [9.17, 15) is 9.59 Å². The second-order valence-electron chi connectivity index (χ2n) is 6.86. The van der Waals surface area contributed by atoms with Crippen LogP contribution in [0.5, 0.6) is 0 Å². The maximum atomic E-state index is 11.9. The van der Waals surface area contributed by atoms with E-state index in [-0.39, 0.29) is 12.3 Å². The van der Waals surface area contributed by atoms with Gasteiger partial charge in [-0.05, 0) is 44.8 Å². The lowest BCUT2D eigenvalue weighted by molar-refractivity contribution is -0.115. The van der Waals surface area contributed by atoms with Crippen LogP contribution in [0.25, 0.3) is 0 Å². The van der Waals surface area contributed by atoms with Crippen molar-refractivity contribution < 1.29 is 23.6 Å². The molecule has 3 rings (SSSR count). The van der Waals surface area contributed by atoms with Gasteiger partial charge in [0.25, 0.3) is 0 Å². The molecule has 0 spiro atoms. The number of amides is 1. The second kappa shape index (κ2) is 5.07. The van der Waals surface area contributed by atoms with Crippen molar-refractivity contribution in [2.75, 3.05) is 12.4 Å². The van der Waals surface area contributed by atoms with E-state index in [2.05, 4.69) is 5.32 Å². The highest BCUT2D eigenvalue weighted by molar-refractivity contribution is 6.63. The Kier molecular flexibility index (Phi) is 3.53. The monoisotopic (exact) mass is 317 g/mol. The summed E-state index contributed by atoms with van der Waals surface area (Å²) in [7, 11) is 0.737. The Morgan fingerprint density at radius 3 is 2.39 bits per heavy atom. The second-order valence-corrected chi connectivity index (χ2v) is 6.86. The number of carbonyl (C=O) groups is 2. The first-order valence-electron chi connectivity index (χ1n) is 7.56. The summed E-state index contributed by atoms with van der Waals surface area (Å²) in [4.78, 5) is 23.7. The Hall–Kier alpha value is -1.86. The average Bonchev–Trinajstić information content (AvgIpc) is 2.93. The van der Waals surface area contributed by atoms with Gasteiger partial charge in [0.15, 0.2) is 0 Å². The third kappa shape index (κ3) is 2.44. The molecule has 0 unspecified atom stereocenters. The number of fused-ring (bicyclic) bond motifs is 1. The van der Waals surface area contributed by atoms with E-state index >= 15 is 0 Å². The normalized spacial score (nSPS) is 21.1. The summed E-state index contributed by atoms with van der Waals surface area (Å²) < 4.78 is 16.9. The molecule has 2 aliphatic rings. The molecule has 2 heterocycles. The van der Waals surface area contributed by atoms with Crippen molar-refractivity contribution in [1.82, 2.24) is 0 Å². The van der Waals surface area contributed by atoms with Gasteiger partial charge in [-0.25, -0.2) is 4.79 Å². The highest BCUT2D eigenvalue weighted by atomic mass is 16.7. The molecule has 0 aliphatic carbocycles. The fourth-order valence-corrected chi connectivity index (χ4v) is 2.81. The number of benzene rings is 1. The highest BCUT2D eigenvalue weighted by Crippen LogP contribution is 2.38. The maximum absolute atomic E-state index is 11.9. The largest absolute Gasteiger partial charge is 0.495 e. The summed E-state index contributed by atoms with van der Waals surface area (Å²) in [6.45, 7) is 7.89. The molecule has 0 bridgehead atoms. The minimum absolute atomic E-state index is 0.158. The topological polar surface area (TPSA) is 73.9 Å². The summed E-state index contributed by atoms with van der Waals surface area (Å²) >= 11 is 0. The van der Waals surface area contributed by atoms with Gasteiger partial charge in [0.2, 0.25) is 5.91 Å². The Bertz CT molecular complexity index is 682. The molecule has 0 saturated carbocycles. The summed E-state index contributed by atoms with van der Waals surface area (Å²) in [5.41, 5.74) is 1.40. The fraction of sp³-hybridized carbons (Fsp3) is 0.500. The Morgan fingerprint density at radius 2 is 1.83 bits per heavy atom. The van der Waals surface area contributed by atoms with Crippen molar-refractivity contribution in [3.8, 4) is 0 Å². The van der Waals surface area contributed by atoms with Gasteiger partial charge < -0.3 is 19.4 Å².